The Morgan fingerprint density at radius 1 is 0.850 bits per heavy atom. The van der Waals surface area contributed by atoms with Gasteiger partial charge in [-0.3, -0.25) is 4.79 Å². The van der Waals surface area contributed by atoms with Gasteiger partial charge in [0.1, 0.15) is 0 Å². The van der Waals surface area contributed by atoms with E-state index in [4.69, 9.17) is 4.74 Å². The highest BCUT2D eigenvalue weighted by Crippen LogP contribution is 2.09. The lowest BCUT2D eigenvalue weighted by molar-refractivity contribution is -0.138. The van der Waals surface area contributed by atoms with Crippen LogP contribution in [0.15, 0.2) is 24.5 Å². The maximum atomic E-state index is 11.0. The van der Waals surface area contributed by atoms with Crippen molar-refractivity contribution in [3.63, 3.8) is 0 Å². The average Bonchev–Trinajstić information content (AvgIpc) is 2.44. The van der Waals surface area contributed by atoms with Gasteiger partial charge in [-0.2, -0.15) is 0 Å². The zero-order valence-electron chi connectivity index (χ0n) is 13.4. The molecule has 0 heterocycles. The Morgan fingerprint density at radius 3 is 2.15 bits per heavy atom. The summed E-state index contributed by atoms with van der Waals surface area (Å²) in [6.07, 6.45) is 20.6. The molecule has 0 spiro atoms. The summed E-state index contributed by atoms with van der Waals surface area (Å²) in [6.45, 7) is 4.22. The summed E-state index contributed by atoms with van der Waals surface area (Å²) in [4.78, 5) is 11.0. The van der Waals surface area contributed by atoms with Crippen LogP contribution in [-0.4, -0.2) is 5.97 Å². The zero-order chi connectivity index (χ0) is 14.9. The maximum Gasteiger partial charge on any atom is 0.310 e. The summed E-state index contributed by atoms with van der Waals surface area (Å²) < 4.78 is 4.90. The third-order valence-corrected chi connectivity index (χ3v) is 3.20. The number of carbonyl (C=O) groups is 1. The Hall–Kier alpha value is -1.05. The van der Waals surface area contributed by atoms with Gasteiger partial charge in [-0.15, -0.1) is 0 Å². The van der Waals surface area contributed by atoms with Gasteiger partial charge in [0.2, 0.25) is 0 Å². The molecule has 0 radical (unpaired) electrons. The van der Waals surface area contributed by atoms with Gasteiger partial charge in [-0.25, -0.2) is 0 Å². The summed E-state index contributed by atoms with van der Waals surface area (Å²) in [5.41, 5.74) is 0. The van der Waals surface area contributed by atoms with Crippen molar-refractivity contribution in [2.45, 2.75) is 84.5 Å². The van der Waals surface area contributed by atoms with Crippen LogP contribution in [0.5, 0.6) is 0 Å². The van der Waals surface area contributed by atoms with Crippen molar-refractivity contribution >= 4 is 5.97 Å². The lowest BCUT2D eigenvalue weighted by atomic mass is 10.1. The Labute approximate surface area is 125 Å². The summed E-state index contributed by atoms with van der Waals surface area (Å²) in [5.74, 6) is -0.153. The molecule has 0 saturated heterocycles. The lowest BCUT2D eigenvalue weighted by Gasteiger charge is -1.99. The summed E-state index contributed by atoms with van der Waals surface area (Å²) in [7, 11) is 0. The molecule has 0 aromatic rings. The second kappa shape index (κ2) is 16.0. The highest BCUT2D eigenvalue weighted by molar-refractivity contribution is 5.69. The molecule has 20 heavy (non-hydrogen) atoms. The van der Waals surface area contributed by atoms with Gasteiger partial charge >= 0.3 is 5.97 Å². The van der Waals surface area contributed by atoms with E-state index in [9.17, 15) is 4.79 Å². The molecule has 0 aromatic heterocycles. The topological polar surface area (TPSA) is 26.3 Å². The van der Waals surface area contributed by atoms with Crippen LogP contribution in [0.25, 0.3) is 0 Å². The molecule has 0 aliphatic carbocycles. The standard InChI is InChI=1S/C18H32O2/c1-3-5-6-7-8-9-10-11-12-13-14-15-17-20-18(19)16-4-2/h13-15,17H,3-12,16H2,1-2H3. The Morgan fingerprint density at radius 2 is 1.50 bits per heavy atom. The smallest absolute Gasteiger partial charge is 0.310 e. The molecule has 0 fully saturated rings. The van der Waals surface area contributed by atoms with Crippen LogP contribution in [-0.2, 0) is 9.53 Å². The largest absolute Gasteiger partial charge is 0.434 e. The molecular formula is C18H32O2. The SMILES string of the molecule is CCCCCCCCCCC=CC=COC(=O)CCC. The fraction of sp³-hybridized carbons (Fsp3) is 0.722. The summed E-state index contributed by atoms with van der Waals surface area (Å²) in [5, 5.41) is 0. The first-order valence-electron chi connectivity index (χ1n) is 8.32. The molecule has 0 amide bonds. The van der Waals surface area contributed by atoms with Gasteiger partial charge in [0, 0.05) is 6.42 Å². The van der Waals surface area contributed by atoms with Gasteiger partial charge in [0.15, 0.2) is 0 Å². The molecule has 2 nitrogen and oxygen atoms in total. The van der Waals surface area contributed by atoms with Crippen LogP contribution in [0.1, 0.15) is 84.5 Å². The monoisotopic (exact) mass is 280 g/mol. The first-order valence-corrected chi connectivity index (χ1v) is 8.32. The van der Waals surface area contributed by atoms with Gasteiger partial charge < -0.3 is 4.74 Å². The number of allylic oxidation sites excluding steroid dienone is 3. The summed E-state index contributed by atoms with van der Waals surface area (Å²) in [6, 6.07) is 0. The molecule has 0 bridgehead atoms. The van der Waals surface area contributed by atoms with Crippen molar-refractivity contribution in [1.82, 2.24) is 0 Å². The number of hydrogen-bond donors (Lipinski definition) is 0. The van der Waals surface area contributed by atoms with E-state index in [-0.39, 0.29) is 5.97 Å². The quantitative estimate of drug-likeness (QED) is 0.181. The van der Waals surface area contributed by atoms with E-state index in [2.05, 4.69) is 13.0 Å². The van der Waals surface area contributed by atoms with E-state index in [1.54, 1.807) is 6.08 Å². The molecular weight excluding hydrogens is 248 g/mol. The third kappa shape index (κ3) is 15.0. The number of carbonyl (C=O) groups excluding carboxylic acids is 1. The number of unbranched alkanes of at least 4 members (excludes halogenated alkanes) is 8. The van der Waals surface area contributed by atoms with Gasteiger partial charge in [-0.1, -0.05) is 70.9 Å². The molecule has 0 aliphatic heterocycles. The number of rotatable bonds is 13. The second-order valence-corrected chi connectivity index (χ2v) is 5.26. The minimum absolute atomic E-state index is 0.153. The van der Waals surface area contributed by atoms with Crippen molar-refractivity contribution in [3.05, 3.63) is 24.5 Å². The number of ether oxygens (including phenoxy) is 1. The minimum Gasteiger partial charge on any atom is -0.434 e. The van der Waals surface area contributed by atoms with Crippen LogP contribution in [0.4, 0.5) is 0 Å². The van der Waals surface area contributed by atoms with Crippen LogP contribution in [0, 0.1) is 0 Å². The first kappa shape index (κ1) is 18.9. The predicted octanol–water partition coefficient (Wildman–Crippen LogP) is 5.93. The van der Waals surface area contributed by atoms with E-state index in [0.29, 0.717) is 6.42 Å². The van der Waals surface area contributed by atoms with Gasteiger partial charge in [0.25, 0.3) is 0 Å². The highest BCUT2D eigenvalue weighted by atomic mass is 16.5. The van der Waals surface area contributed by atoms with Gasteiger partial charge in [-0.05, 0) is 25.3 Å². The van der Waals surface area contributed by atoms with E-state index >= 15 is 0 Å². The number of hydrogen-bond acceptors (Lipinski definition) is 2. The van der Waals surface area contributed by atoms with Crippen molar-refractivity contribution < 1.29 is 9.53 Å². The molecule has 0 saturated carbocycles. The molecule has 0 atom stereocenters. The molecule has 0 aliphatic rings. The van der Waals surface area contributed by atoms with Crippen LogP contribution >= 0.6 is 0 Å². The molecule has 0 aromatic carbocycles. The normalized spacial score (nSPS) is 11.5. The Kier molecular flexibility index (Phi) is 15.2. The maximum absolute atomic E-state index is 11.0. The first-order chi connectivity index (χ1) is 9.81. The predicted molar refractivity (Wildman–Crippen MR) is 86.5 cm³/mol. The highest BCUT2D eigenvalue weighted by Gasteiger charge is 1.95. The molecule has 0 rings (SSSR count). The fourth-order valence-electron chi connectivity index (χ4n) is 1.99. The van der Waals surface area contributed by atoms with E-state index in [0.717, 1.165) is 12.8 Å². The Balaban J connectivity index is 3.27. The van der Waals surface area contributed by atoms with Crippen LogP contribution < -0.4 is 0 Å². The third-order valence-electron chi connectivity index (χ3n) is 3.20. The zero-order valence-corrected chi connectivity index (χ0v) is 13.4. The van der Waals surface area contributed by atoms with Crippen molar-refractivity contribution in [2.75, 3.05) is 0 Å². The van der Waals surface area contributed by atoms with Gasteiger partial charge in [0.05, 0.1) is 6.26 Å². The lowest BCUT2D eigenvalue weighted by Crippen LogP contribution is -1.97. The Bertz CT molecular complexity index is 267. The molecule has 0 N–H and O–H groups in total. The van der Waals surface area contributed by atoms with E-state index < -0.39 is 0 Å². The van der Waals surface area contributed by atoms with Crippen LogP contribution in [0.3, 0.4) is 0 Å². The number of esters is 1. The van der Waals surface area contributed by atoms with Crippen molar-refractivity contribution in [1.29, 1.82) is 0 Å². The fourth-order valence-corrected chi connectivity index (χ4v) is 1.99. The minimum atomic E-state index is -0.153. The molecule has 2 heteroatoms. The van der Waals surface area contributed by atoms with E-state index in [1.807, 2.05) is 13.0 Å². The summed E-state index contributed by atoms with van der Waals surface area (Å²) >= 11 is 0. The molecule has 116 valence electrons. The van der Waals surface area contributed by atoms with Crippen molar-refractivity contribution in [2.24, 2.45) is 0 Å². The van der Waals surface area contributed by atoms with Crippen molar-refractivity contribution in [3.8, 4) is 0 Å². The van der Waals surface area contributed by atoms with E-state index in [1.165, 1.54) is 57.6 Å². The van der Waals surface area contributed by atoms with Crippen LogP contribution in [0.2, 0.25) is 0 Å². The average molecular weight is 280 g/mol. The second-order valence-electron chi connectivity index (χ2n) is 5.26. The molecule has 0 unspecified atom stereocenters.